The van der Waals surface area contributed by atoms with Crippen LogP contribution < -0.4 is 38.9 Å². The van der Waals surface area contributed by atoms with Crippen LogP contribution in [0, 0.1) is 5.92 Å². The number of aromatic nitrogens is 2. The molecule has 0 radical (unpaired) electrons. The number of carbonyl (C=O) groups excluding carboxylic acids is 3. The Balaban J connectivity index is 3.00. The van der Waals surface area contributed by atoms with Crippen molar-refractivity contribution in [1.29, 1.82) is 0 Å². The predicted octanol–water partition coefficient (Wildman–Crippen LogP) is -1.95. The number of carboxylic acid groups (broad SMARTS) is 1. The number of nitrogens with two attached hydrogens (primary N) is 4. The standard InChI is InChI=1S/C24H44N10O5/c1-14(2)10-19(23(38)39)34-22(37)18(11-15-12-29-13-31-15)33-21(36)17(7-3-4-8-25)32-20(35)16(26)6-5-9-30-24(27)28/h12-14,16-19H,3-11,25-26H2,1-2H3,(H,29,31)(H,32,35)(H,33,36)(H,34,37)(H,38,39)(H4,27,28,30). The van der Waals surface area contributed by atoms with Gasteiger partial charge in [0.1, 0.15) is 18.1 Å². The lowest BCUT2D eigenvalue weighted by Crippen LogP contribution is -2.57. The van der Waals surface area contributed by atoms with E-state index in [0.717, 1.165) is 0 Å². The second-order valence-corrected chi connectivity index (χ2v) is 9.77. The van der Waals surface area contributed by atoms with Crippen molar-refractivity contribution in [2.24, 2.45) is 33.8 Å². The highest BCUT2D eigenvalue weighted by Crippen LogP contribution is 2.08. The molecule has 220 valence electrons. The van der Waals surface area contributed by atoms with Gasteiger partial charge in [-0.15, -0.1) is 0 Å². The minimum Gasteiger partial charge on any atom is -0.480 e. The number of aliphatic imine (C=N–C) groups is 1. The molecule has 0 aliphatic carbocycles. The number of unbranched alkanes of at least 4 members (excludes halogenated alkanes) is 1. The minimum atomic E-state index is -1.18. The summed E-state index contributed by atoms with van der Waals surface area (Å²) in [4.78, 5) is 61.5. The van der Waals surface area contributed by atoms with Crippen LogP contribution in [0.15, 0.2) is 17.5 Å². The summed E-state index contributed by atoms with van der Waals surface area (Å²) < 4.78 is 0. The fraction of sp³-hybridized carbons (Fsp3) is 0.667. The first-order valence-corrected chi connectivity index (χ1v) is 13.1. The third-order valence-electron chi connectivity index (χ3n) is 5.82. The molecule has 1 aromatic rings. The first-order valence-electron chi connectivity index (χ1n) is 13.1. The number of guanidine groups is 1. The zero-order valence-corrected chi connectivity index (χ0v) is 22.7. The second-order valence-electron chi connectivity index (χ2n) is 9.77. The quantitative estimate of drug-likeness (QED) is 0.0519. The smallest absolute Gasteiger partial charge is 0.326 e. The molecule has 4 unspecified atom stereocenters. The Morgan fingerprint density at radius 3 is 2.18 bits per heavy atom. The van der Waals surface area contributed by atoms with Crippen LogP contribution in [-0.2, 0) is 25.6 Å². The summed E-state index contributed by atoms with van der Waals surface area (Å²) in [5, 5.41) is 17.4. The molecule has 0 fully saturated rings. The van der Waals surface area contributed by atoms with Gasteiger partial charge in [0.15, 0.2) is 5.96 Å². The molecule has 0 aliphatic rings. The Kier molecular flexibility index (Phi) is 15.1. The number of carbonyl (C=O) groups is 4. The fourth-order valence-corrected chi connectivity index (χ4v) is 3.75. The average molecular weight is 553 g/mol. The van der Waals surface area contributed by atoms with Gasteiger partial charge in [-0.25, -0.2) is 9.78 Å². The third-order valence-corrected chi connectivity index (χ3v) is 5.82. The van der Waals surface area contributed by atoms with E-state index in [-0.39, 0.29) is 37.6 Å². The van der Waals surface area contributed by atoms with Crippen molar-refractivity contribution in [3.63, 3.8) is 0 Å². The molecule has 1 heterocycles. The Hall–Kier alpha value is -3.72. The van der Waals surface area contributed by atoms with E-state index in [1.54, 1.807) is 0 Å². The van der Waals surface area contributed by atoms with Crippen LogP contribution >= 0.6 is 0 Å². The van der Waals surface area contributed by atoms with E-state index in [2.05, 4.69) is 30.9 Å². The summed E-state index contributed by atoms with van der Waals surface area (Å²) in [6, 6.07) is -4.15. The van der Waals surface area contributed by atoms with Crippen LogP contribution in [0.2, 0.25) is 0 Å². The van der Waals surface area contributed by atoms with Gasteiger partial charge >= 0.3 is 5.97 Å². The molecule has 3 amide bonds. The van der Waals surface area contributed by atoms with Crippen LogP contribution in [0.25, 0.3) is 0 Å². The van der Waals surface area contributed by atoms with Crippen LogP contribution in [-0.4, -0.2) is 82.0 Å². The van der Waals surface area contributed by atoms with Gasteiger partial charge in [-0.2, -0.15) is 0 Å². The van der Waals surface area contributed by atoms with E-state index in [1.807, 2.05) is 13.8 Å². The average Bonchev–Trinajstić information content (AvgIpc) is 3.37. The molecule has 0 aromatic carbocycles. The molecule has 0 saturated carbocycles. The van der Waals surface area contributed by atoms with Crippen LogP contribution in [0.4, 0.5) is 0 Å². The number of hydrogen-bond donors (Lipinski definition) is 9. The molecule has 0 spiro atoms. The topological polar surface area (TPSA) is 270 Å². The van der Waals surface area contributed by atoms with Crippen LogP contribution in [0.5, 0.6) is 0 Å². The van der Waals surface area contributed by atoms with Crippen molar-refractivity contribution in [2.45, 2.75) is 83.0 Å². The SMILES string of the molecule is CC(C)CC(NC(=O)C(Cc1cnc[nH]1)NC(=O)C(CCCCN)NC(=O)C(N)CCCN=C(N)N)C(=O)O. The number of nitrogens with zero attached hydrogens (tertiary/aromatic N) is 2. The zero-order valence-electron chi connectivity index (χ0n) is 22.7. The summed E-state index contributed by atoms with van der Waals surface area (Å²) in [6.45, 7) is 4.39. The summed E-state index contributed by atoms with van der Waals surface area (Å²) in [6.07, 6.45) is 5.34. The molecular weight excluding hydrogens is 508 g/mol. The van der Waals surface area contributed by atoms with Crippen LogP contribution in [0.1, 0.15) is 58.1 Å². The van der Waals surface area contributed by atoms with Crippen LogP contribution in [0.3, 0.4) is 0 Å². The molecular formula is C24H44N10O5. The van der Waals surface area contributed by atoms with Gasteiger partial charge in [0.05, 0.1) is 12.4 Å². The molecule has 39 heavy (non-hydrogen) atoms. The van der Waals surface area contributed by atoms with E-state index in [0.29, 0.717) is 38.0 Å². The largest absolute Gasteiger partial charge is 0.480 e. The van der Waals surface area contributed by atoms with Gasteiger partial charge in [0.2, 0.25) is 17.7 Å². The molecule has 15 nitrogen and oxygen atoms in total. The van der Waals surface area contributed by atoms with Gasteiger partial charge in [-0.3, -0.25) is 19.4 Å². The number of aromatic amines is 1. The van der Waals surface area contributed by atoms with Crippen molar-refractivity contribution in [3.05, 3.63) is 18.2 Å². The van der Waals surface area contributed by atoms with E-state index >= 15 is 0 Å². The molecule has 0 saturated heterocycles. The van der Waals surface area contributed by atoms with E-state index in [4.69, 9.17) is 22.9 Å². The number of H-pyrrole nitrogens is 1. The first-order chi connectivity index (χ1) is 18.4. The van der Waals surface area contributed by atoms with Crippen molar-refractivity contribution in [1.82, 2.24) is 25.9 Å². The third kappa shape index (κ3) is 13.6. The number of nitrogens with one attached hydrogen (secondary N) is 4. The predicted molar refractivity (Wildman–Crippen MR) is 146 cm³/mol. The van der Waals surface area contributed by atoms with E-state index in [9.17, 15) is 24.3 Å². The molecule has 15 heteroatoms. The molecule has 0 bridgehead atoms. The van der Waals surface area contributed by atoms with Gasteiger partial charge in [0.25, 0.3) is 0 Å². The highest BCUT2D eigenvalue weighted by atomic mass is 16.4. The number of rotatable bonds is 19. The van der Waals surface area contributed by atoms with Crippen molar-refractivity contribution in [2.75, 3.05) is 13.1 Å². The lowest BCUT2D eigenvalue weighted by atomic mass is 10.0. The maximum absolute atomic E-state index is 13.3. The van der Waals surface area contributed by atoms with Gasteiger partial charge < -0.3 is 49.0 Å². The molecule has 13 N–H and O–H groups in total. The molecule has 0 aliphatic heterocycles. The van der Waals surface area contributed by atoms with Gasteiger partial charge in [-0.05, 0) is 51.0 Å². The summed E-state index contributed by atoms with van der Waals surface area (Å²) in [5.74, 6) is -3.04. The molecule has 4 atom stereocenters. The molecule has 1 rings (SSSR count). The summed E-state index contributed by atoms with van der Waals surface area (Å²) >= 11 is 0. The van der Waals surface area contributed by atoms with E-state index < -0.39 is 47.9 Å². The normalized spacial score (nSPS) is 14.1. The van der Waals surface area contributed by atoms with E-state index in [1.165, 1.54) is 12.5 Å². The summed E-state index contributed by atoms with van der Waals surface area (Å²) in [5.41, 5.74) is 22.7. The number of amides is 3. The number of aliphatic carboxylic acids is 1. The Labute approximate surface area is 228 Å². The Morgan fingerprint density at radius 2 is 1.62 bits per heavy atom. The van der Waals surface area contributed by atoms with Crippen molar-refractivity contribution in [3.8, 4) is 0 Å². The first kappa shape index (κ1) is 33.3. The Morgan fingerprint density at radius 1 is 0.974 bits per heavy atom. The monoisotopic (exact) mass is 552 g/mol. The zero-order chi connectivity index (χ0) is 29.4. The summed E-state index contributed by atoms with van der Waals surface area (Å²) in [7, 11) is 0. The number of carboxylic acids is 1. The van der Waals surface area contributed by atoms with Gasteiger partial charge in [-0.1, -0.05) is 13.8 Å². The molecule has 1 aromatic heterocycles. The lowest BCUT2D eigenvalue weighted by molar-refractivity contribution is -0.142. The maximum Gasteiger partial charge on any atom is 0.326 e. The highest BCUT2D eigenvalue weighted by molar-refractivity contribution is 5.94. The van der Waals surface area contributed by atoms with Crippen molar-refractivity contribution < 1.29 is 24.3 Å². The highest BCUT2D eigenvalue weighted by Gasteiger charge is 2.31. The maximum atomic E-state index is 13.3. The number of hydrogen-bond acceptors (Lipinski definition) is 8. The second kappa shape index (κ2) is 17.7. The fourth-order valence-electron chi connectivity index (χ4n) is 3.75. The Bertz CT molecular complexity index is 934. The number of imidazole rings is 1. The minimum absolute atomic E-state index is 0.0119. The van der Waals surface area contributed by atoms with Crippen molar-refractivity contribution >= 4 is 29.7 Å². The lowest BCUT2D eigenvalue weighted by Gasteiger charge is -2.25. The van der Waals surface area contributed by atoms with Gasteiger partial charge in [0, 0.05) is 24.9 Å².